The highest BCUT2D eigenvalue weighted by Crippen LogP contribution is 2.32. The zero-order valence-electron chi connectivity index (χ0n) is 14.1. The summed E-state index contributed by atoms with van der Waals surface area (Å²) in [6, 6.07) is 0. The summed E-state index contributed by atoms with van der Waals surface area (Å²) in [5, 5.41) is 0. The van der Waals surface area contributed by atoms with Crippen molar-refractivity contribution in [1.82, 2.24) is 4.90 Å². The van der Waals surface area contributed by atoms with Gasteiger partial charge in [-0.05, 0) is 49.0 Å². The van der Waals surface area contributed by atoms with Crippen LogP contribution in [0.3, 0.4) is 0 Å². The lowest BCUT2D eigenvalue weighted by atomic mass is 9.76. The van der Waals surface area contributed by atoms with E-state index in [-0.39, 0.29) is 5.41 Å². The van der Waals surface area contributed by atoms with E-state index in [4.69, 9.17) is 5.73 Å². The number of rotatable bonds is 6. The number of carbonyl (C=O) groups excluding carboxylic acids is 1. The standard InChI is InChI=1S/C17H34N2O/c1-13(2)14-9-11-19(12-14)16(20)7-6-15(8-10-18)17(3,4)5/h13-15H,6-12,18H2,1-5H3. The molecule has 2 unspecified atom stereocenters. The molecule has 1 rings (SSSR count). The third kappa shape index (κ3) is 5.08. The predicted molar refractivity (Wildman–Crippen MR) is 85.4 cm³/mol. The van der Waals surface area contributed by atoms with Crippen molar-refractivity contribution < 1.29 is 4.79 Å². The van der Waals surface area contributed by atoms with Crippen molar-refractivity contribution in [3.05, 3.63) is 0 Å². The van der Waals surface area contributed by atoms with Crippen LogP contribution in [0.5, 0.6) is 0 Å². The molecule has 3 heteroatoms. The van der Waals surface area contributed by atoms with Gasteiger partial charge in [-0.25, -0.2) is 0 Å². The minimum atomic E-state index is 0.241. The van der Waals surface area contributed by atoms with E-state index >= 15 is 0 Å². The van der Waals surface area contributed by atoms with Crippen LogP contribution in [-0.4, -0.2) is 30.4 Å². The molecule has 1 aliphatic heterocycles. The van der Waals surface area contributed by atoms with Crippen LogP contribution < -0.4 is 5.73 Å². The molecule has 2 atom stereocenters. The first-order valence-electron chi connectivity index (χ1n) is 8.23. The van der Waals surface area contributed by atoms with Gasteiger partial charge in [0.1, 0.15) is 0 Å². The van der Waals surface area contributed by atoms with Gasteiger partial charge in [0.15, 0.2) is 0 Å². The van der Waals surface area contributed by atoms with Crippen LogP contribution >= 0.6 is 0 Å². The maximum atomic E-state index is 12.3. The molecule has 1 amide bonds. The quantitative estimate of drug-likeness (QED) is 0.812. The average Bonchev–Trinajstić information content (AvgIpc) is 2.82. The molecule has 0 radical (unpaired) electrons. The van der Waals surface area contributed by atoms with Crippen molar-refractivity contribution in [1.29, 1.82) is 0 Å². The Kier molecular flexibility index (Phi) is 6.50. The normalized spacial score (nSPS) is 21.6. The van der Waals surface area contributed by atoms with Gasteiger partial charge >= 0.3 is 0 Å². The molecule has 1 aliphatic rings. The lowest BCUT2D eigenvalue weighted by Crippen LogP contribution is -2.31. The zero-order chi connectivity index (χ0) is 15.3. The molecule has 0 spiro atoms. The number of hydrogen-bond acceptors (Lipinski definition) is 2. The third-order valence-electron chi connectivity index (χ3n) is 4.97. The second kappa shape index (κ2) is 7.44. The Morgan fingerprint density at radius 2 is 1.95 bits per heavy atom. The van der Waals surface area contributed by atoms with Crippen LogP contribution in [0.25, 0.3) is 0 Å². The minimum Gasteiger partial charge on any atom is -0.342 e. The molecule has 0 aromatic rings. The molecule has 0 aromatic carbocycles. The molecule has 20 heavy (non-hydrogen) atoms. The van der Waals surface area contributed by atoms with E-state index in [0.717, 1.165) is 32.5 Å². The van der Waals surface area contributed by atoms with Crippen molar-refractivity contribution in [2.45, 2.75) is 60.3 Å². The summed E-state index contributed by atoms with van der Waals surface area (Å²) >= 11 is 0. The molecule has 3 nitrogen and oxygen atoms in total. The summed E-state index contributed by atoms with van der Waals surface area (Å²) < 4.78 is 0. The zero-order valence-corrected chi connectivity index (χ0v) is 14.1. The Morgan fingerprint density at radius 1 is 1.30 bits per heavy atom. The fourth-order valence-corrected chi connectivity index (χ4v) is 3.23. The summed E-state index contributed by atoms with van der Waals surface area (Å²) in [6.07, 6.45) is 3.86. The van der Waals surface area contributed by atoms with Gasteiger partial charge in [-0.2, -0.15) is 0 Å². The summed E-state index contributed by atoms with van der Waals surface area (Å²) in [5.41, 5.74) is 5.95. The Balaban J connectivity index is 2.43. The molecule has 0 saturated carbocycles. The van der Waals surface area contributed by atoms with Gasteiger partial charge in [-0.1, -0.05) is 34.6 Å². The molecule has 118 valence electrons. The molecule has 0 aliphatic carbocycles. The fraction of sp³-hybridized carbons (Fsp3) is 0.941. The highest BCUT2D eigenvalue weighted by molar-refractivity contribution is 5.76. The van der Waals surface area contributed by atoms with Gasteiger partial charge in [-0.15, -0.1) is 0 Å². The van der Waals surface area contributed by atoms with E-state index in [9.17, 15) is 4.79 Å². The Bertz CT molecular complexity index is 307. The molecule has 0 aromatic heterocycles. The first-order valence-corrected chi connectivity index (χ1v) is 8.23. The van der Waals surface area contributed by atoms with Crippen LogP contribution in [0, 0.1) is 23.2 Å². The number of likely N-dealkylation sites (tertiary alicyclic amines) is 1. The average molecular weight is 282 g/mol. The highest BCUT2D eigenvalue weighted by Gasteiger charge is 2.29. The molecule has 0 bridgehead atoms. The highest BCUT2D eigenvalue weighted by atomic mass is 16.2. The van der Waals surface area contributed by atoms with Crippen molar-refractivity contribution in [3.63, 3.8) is 0 Å². The van der Waals surface area contributed by atoms with Crippen LogP contribution in [0.4, 0.5) is 0 Å². The van der Waals surface area contributed by atoms with Crippen LogP contribution in [0.1, 0.15) is 60.3 Å². The topological polar surface area (TPSA) is 46.3 Å². The largest absolute Gasteiger partial charge is 0.342 e. The van der Waals surface area contributed by atoms with Gasteiger partial charge in [-0.3, -0.25) is 4.79 Å². The van der Waals surface area contributed by atoms with Gasteiger partial charge in [0.2, 0.25) is 5.91 Å². The van der Waals surface area contributed by atoms with Crippen LogP contribution in [0.2, 0.25) is 0 Å². The van der Waals surface area contributed by atoms with E-state index < -0.39 is 0 Å². The lowest BCUT2D eigenvalue weighted by molar-refractivity contribution is -0.130. The van der Waals surface area contributed by atoms with Gasteiger partial charge in [0.25, 0.3) is 0 Å². The Hall–Kier alpha value is -0.570. The van der Waals surface area contributed by atoms with Crippen molar-refractivity contribution in [2.75, 3.05) is 19.6 Å². The Morgan fingerprint density at radius 3 is 2.40 bits per heavy atom. The molecular formula is C17H34N2O. The van der Waals surface area contributed by atoms with Crippen molar-refractivity contribution >= 4 is 5.91 Å². The summed E-state index contributed by atoms with van der Waals surface area (Å²) in [4.78, 5) is 14.4. The van der Waals surface area contributed by atoms with E-state index in [1.165, 1.54) is 6.42 Å². The summed E-state index contributed by atoms with van der Waals surface area (Å²) in [6.45, 7) is 13.9. The van der Waals surface area contributed by atoms with E-state index in [0.29, 0.717) is 30.1 Å². The fourth-order valence-electron chi connectivity index (χ4n) is 3.23. The van der Waals surface area contributed by atoms with E-state index in [1.54, 1.807) is 0 Å². The summed E-state index contributed by atoms with van der Waals surface area (Å²) in [7, 11) is 0. The second-order valence-electron chi connectivity index (χ2n) is 7.81. The second-order valence-corrected chi connectivity index (χ2v) is 7.81. The predicted octanol–water partition coefficient (Wildman–Crippen LogP) is 3.28. The van der Waals surface area contributed by atoms with Crippen molar-refractivity contribution in [3.8, 4) is 0 Å². The van der Waals surface area contributed by atoms with Crippen LogP contribution in [-0.2, 0) is 4.79 Å². The molecule has 1 heterocycles. The number of nitrogens with two attached hydrogens (primary N) is 1. The maximum absolute atomic E-state index is 12.3. The van der Waals surface area contributed by atoms with E-state index in [1.807, 2.05) is 0 Å². The lowest BCUT2D eigenvalue weighted by Gasteiger charge is -2.31. The molecular weight excluding hydrogens is 248 g/mol. The van der Waals surface area contributed by atoms with E-state index in [2.05, 4.69) is 39.5 Å². The number of carbonyl (C=O) groups is 1. The third-order valence-corrected chi connectivity index (χ3v) is 4.97. The minimum absolute atomic E-state index is 0.241. The monoisotopic (exact) mass is 282 g/mol. The maximum Gasteiger partial charge on any atom is 0.222 e. The summed E-state index contributed by atoms with van der Waals surface area (Å²) in [5.74, 6) is 2.27. The van der Waals surface area contributed by atoms with Gasteiger partial charge in [0.05, 0.1) is 0 Å². The smallest absolute Gasteiger partial charge is 0.222 e. The number of amides is 1. The molecule has 1 fully saturated rings. The first kappa shape index (κ1) is 17.5. The molecule has 2 N–H and O–H groups in total. The number of hydrogen-bond donors (Lipinski definition) is 1. The number of nitrogens with zero attached hydrogens (tertiary/aromatic N) is 1. The SMILES string of the molecule is CC(C)C1CCN(C(=O)CCC(CCN)C(C)(C)C)C1. The van der Waals surface area contributed by atoms with Gasteiger partial charge in [0, 0.05) is 19.5 Å². The van der Waals surface area contributed by atoms with Gasteiger partial charge < -0.3 is 10.6 Å². The van der Waals surface area contributed by atoms with Crippen molar-refractivity contribution in [2.24, 2.45) is 28.9 Å². The Labute approximate surface area is 125 Å². The first-order chi connectivity index (χ1) is 9.25. The van der Waals surface area contributed by atoms with Crippen LogP contribution in [0.15, 0.2) is 0 Å². The molecule has 1 saturated heterocycles.